The number of nitrogen functional groups attached to an aromatic ring is 1. The van der Waals surface area contributed by atoms with Crippen LogP contribution in [0.4, 0.5) is 5.82 Å². The van der Waals surface area contributed by atoms with Crippen LogP contribution in [0, 0.1) is 0 Å². The van der Waals surface area contributed by atoms with E-state index in [0.29, 0.717) is 12.6 Å². The molecule has 0 bridgehead atoms. The van der Waals surface area contributed by atoms with Crippen LogP contribution >= 0.6 is 0 Å². The smallest absolute Gasteiger partial charge is 0.271 e. The molecule has 0 unspecified atom stereocenters. The van der Waals surface area contributed by atoms with Crippen molar-refractivity contribution in [3.05, 3.63) is 18.1 Å². The Bertz CT molecular complexity index is 405. The molecule has 1 amide bonds. The lowest BCUT2D eigenvalue weighted by Crippen LogP contribution is -2.34. The number of hydrogen-bond donors (Lipinski definition) is 2. The minimum atomic E-state index is -0.228. The second-order valence-corrected chi connectivity index (χ2v) is 4.30. The molecule has 6 heteroatoms. The topological polar surface area (TPSA) is 84.1 Å². The minimum absolute atomic E-state index is 0.228. The number of carbonyl (C=O) groups is 1. The summed E-state index contributed by atoms with van der Waals surface area (Å²) in [6.07, 6.45) is 5.37. The van der Waals surface area contributed by atoms with Gasteiger partial charge in [-0.15, -0.1) is 0 Å². The molecule has 92 valence electrons. The number of carbonyl (C=O) groups excluding carboxylic acids is 1. The van der Waals surface area contributed by atoms with E-state index < -0.39 is 0 Å². The molecular formula is C11H17N5O. The molecule has 1 saturated carbocycles. The molecule has 6 nitrogen and oxygen atoms in total. The van der Waals surface area contributed by atoms with Gasteiger partial charge in [-0.3, -0.25) is 9.78 Å². The number of likely N-dealkylation sites (N-methyl/N-ethyl adjacent to an activating group) is 1. The van der Waals surface area contributed by atoms with Crippen LogP contribution < -0.4 is 11.1 Å². The Labute approximate surface area is 100 Å². The highest BCUT2D eigenvalue weighted by Crippen LogP contribution is 2.24. The third-order valence-electron chi connectivity index (χ3n) is 2.81. The van der Waals surface area contributed by atoms with Gasteiger partial charge >= 0.3 is 0 Å². The van der Waals surface area contributed by atoms with Gasteiger partial charge in [-0.1, -0.05) is 0 Å². The fraction of sp³-hybridized carbons (Fsp3) is 0.545. The fourth-order valence-electron chi connectivity index (χ4n) is 1.62. The molecule has 3 N–H and O–H groups in total. The first kappa shape index (κ1) is 11.8. The van der Waals surface area contributed by atoms with E-state index >= 15 is 0 Å². The first-order valence-corrected chi connectivity index (χ1v) is 5.73. The van der Waals surface area contributed by atoms with E-state index in [2.05, 4.69) is 27.2 Å². The van der Waals surface area contributed by atoms with Crippen LogP contribution in [0.1, 0.15) is 23.3 Å². The van der Waals surface area contributed by atoms with Gasteiger partial charge in [0, 0.05) is 19.1 Å². The van der Waals surface area contributed by atoms with E-state index in [1.807, 2.05) is 0 Å². The number of aromatic nitrogens is 2. The van der Waals surface area contributed by atoms with Crippen LogP contribution in [-0.2, 0) is 0 Å². The fourth-order valence-corrected chi connectivity index (χ4v) is 1.62. The highest BCUT2D eigenvalue weighted by molar-refractivity contribution is 5.92. The normalized spacial score (nSPS) is 14.9. The van der Waals surface area contributed by atoms with Crippen LogP contribution in [0.15, 0.2) is 12.4 Å². The molecule has 0 aromatic carbocycles. The molecule has 1 heterocycles. The van der Waals surface area contributed by atoms with E-state index in [1.165, 1.54) is 25.2 Å². The zero-order valence-corrected chi connectivity index (χ0v) is 9.89. The Hall–Kier alpha value is -1.69. The van der Waals surface area contributed by atoms with Crippen molar-refractivity contribution in [2.75, 3.05) is 25.9 Å². The van der Waals surface area contributed by atoms with Crippen molar-refractivity contribution in [1.29, 1.82) is 0 Å². The van der Waals surface area contributed by atoms with Gasteiger partial charge in [0.25, 0.3) is 5.91 Å². The van der Waals surface area contributed by atoms with Crippen LogP contribution in [0.3, 0.4) is 0 Å². The molecular weight excluding hydrogens is 218 g/mol. The van der Waals surface area contributed by atoms with Crippen LogP contribution in [-0.4, -0.2) is 47.0 Å². The lowest BCUT2D eigenvalue weighted by Gasteiger charge is -2.15. The summed E-state index contributed by atoms with van der Waals surface area (Å²) in [5.74, 6) is 0.0294. The van der Waals surface area contributed by atoms with Crippen molar-refractivity contribution in [3.63, 3.8) is 0 Å². The zero-order valence-electron chi connectivity index (χ0n) is 9.89. The number of anilines is 1. The molecule has 17 heavy (non-hydrogen) atoms. The molecule has 0 saturated heterocycles. The van der Waals surface area contributed by atoms with Crippen molar-refractivity contribution in [2.24, 2.45) is 0 Å². The van der Waals surface area contributed by atoms with Gasteiger partial charge in [-0.2, -0.15) is 0 Å². The molecule has 1 aliphatic carbocycles. The summed E-state index contributed by atoms with van der Waals surface area (Å²) in [6.45, 7) is 1.47. The maximum atomic E-state index is 11.7. The summed E-state index contributed by atoms with van der Waals surface area (Å²) >= 11 is 0. The number of nitrogens with two attached hydrogens (primary N) is 1. The lowest BCUT2D eigenvalue weighted by atomic mass is 10.4. The first-order valence-electron chi connectivity index (χ1n) is 5.73. The Kier molecular flexibility index (Phi) is 3.53. The summed E-state index contributed by atoms with van der Waals surface area (Å²) in [4.78, 5) is 21.7. The number of hydrogen-bond acceptors (Lipinski definition) is 5. The number of nitrogens with one attached hydrogen (secondary N) is 1. The molecule has 1 aromatic heterocycles. The van der Waals surface area contributed by atoms with Gasteiger partial charge < -0.3 is 16.0 Å². The van der Waals surface area contributed by atoms with Gasteiger partial charge in [0.05, 0.1) is 12.4 Å². The highest BCUT2D eigenvalue weighted by atomic mass is 16.1. The van der Waals surface area contributed by atoms with Gasteiger partial charge in [-0.05, 0) is 19.9 Å². The predicted octanol–water partition coefficient (Wildman–Crippen LogP) is -0.117. The highest BCUT2D eigenvalue weighted by Gasteiger charge is 2.25. The van der Waals surface area contributed by atoms with Crippen molar-refractivity contribution >= 4 is 11.7 Å². The average Bonchev–Trinajstić information content (AvgIpc) is 3.12. The summed E-state index contributed by atoms with van der Waals surface area (Å²) in [7, 11) is 2.07. The monoisotopic (exact) mass is 235 g/mol. The average molecular weight is 235 g/mol. The van der Waals surface area contributed by atoms with Gasteiger partial charge in [0.1, 0.15) is 11.5 Å². The molecule has 1 fully saturated rings. The zero-order chi connectivity index (χ0) is 12.3. The lowest BCUT2D eigenvalue weighted by molar-refractivity contribution is 0.0944. The second kappa shape index (κ2) is 5.09. The third kappa shape index (κ3) is 3.39. The Balaban J connectivity index is 1.76. The third-order valence-corrected chi connectivity index (χ3v) is 2.81. The Morgan fingerprint density at radius 3 is 3.00 bits per heavy atom. The van der Waals surface area contributed by atoms with E-state index in [1.54, 1.807) is 0 Å². The SMILES string of the molecule is CN(CCNC(=O)c1cncc(N)n1)C1CC1. The molecule has 1 aliphatic rings. The Morgan fingerprint density at radius 2 is 2.35 bits per heavy atom. The molecule has 2 rings (SSSR count). The maximum absolute atomic E-state index is 11.7. The minimum Gasteiger partial charge on any atom is -0.382 e. The largest absolute Gasteiger partial charge is 0.382 e. The molecule has 0 atom stereocenters. The quantitative estimate of drug-likeness (QED) is 0.743. The number of amides is 1. The maximum Gasteiger partial charge on any atom is 0.271 e. The summed E-state index contributed by atoms with van der Waals surface area (Å²) in [6, 6.07) is 0.707. The summed E-state index contributed by atoms with van der Waals surface area (Å²) in [5, 5.41) is 2.80. The van der Waals surface area contributed by atoms with Crippen molar-refractivity contribution in [2.45, 2.75) is 18.9 Å². The van der Waals surface area contributed by atoms with E-state index in [-0.39, 0.29) is 17.4 Å². The Morgan fingerprint density at radius 1 is 1.59 bits per heavy atom. The summed E-state index contributed by atoms with van der Waals surface area (Å²) < 4.78 is 0. The van der Waals surface area contributed by atoms with Crippen LogP contribution in [0.2, 0.25) is 0 Å². The van der Waals surface area contributed by atoms with E-state index in [4.69, 9.17) is 5.73 Å². The van der Waals surface area contributed by atoms with Crippen molar-refractivity contribution in [3.8, 4) is 0 Å². The van der Waals surface area contributed by atoms with Gasteiger partial charge in [0.2, 0.25) is 0 Å². The number of nitrogens with zero attached hydrogens (tertiary/aromatic N) is 3. The van der Waals surface area contributed by atoms with Crippen molar-refractivity contribution < 1.29 is 4.79 Å². The molecule has 0 radical (unpaired) electrons. The van der Waals surface area contributed by atoms with E-state index in [0.717, 1.165) is 6.54 Å². The van der Waals surface area contributed by atoms with E-state index in [9.17, 15) is 4.79 Å². The van der Waals surface area contributed by atoms with Crippen molar-refractivity contribution in [1.82, 2.24) is 20.2 Å². The first-order chi connectivity index (χ1) is 8.16. The second-order valence-electron chi connectivity index (χ2n) is 4.30. The predicted molar refractivity (Wildman–Crippen MR) is 64.4 cm³/mol. The molecule has 0 aliphatic heterocycles. The standard InChI is InChI=1S/C11H17N5O/c1-16(8-2-3-8)5-4-14-11(17)9-6-13-7-10(12)15-9/h6-8H,2-5H2,1H3,(H2,12,15)(H,14,17). The van der Waals surface area contributed by atoms with Crippen LogP contribution in [0.25, 0.3) is 0 Å². The summed E-state index contributed by atoms with van der Waals surface area (Å²) in [5.41, 5.74) is 5.72. The van der Waals surface area contributed by atoms with Gasteiger partial charge in [0.15, 0.2) is 0 Å². The molecule has 0 spiro atoms. The molecule has 1 aromatic rings. The number of rotatable bonds is 5. The van der Waals surface area contributed by atoms with Gasteiger partial charge in [-0.25, -0.2) is 4.98 Å². The van der Waals surface area contributed by atoms with Crippen LogP contribution in [0.5, 0.6) is 0 Å².